The third-order valence-electron chi connectivity index (χ3n) is 4.30. The molecule has 3 rings (SSSR count). The highest BCUT2D eigenvalue weighted by Crippen LogP contribution is 2.31. The molecule has 1 aliphatic carbocycles. The quantitative estimate of drug-likeness (QED) is 0.890. The van der Waals surface area contributed by atoms with Crippen molar-refractivity contribution in [2.45, 2.75) is 44.8 Å². The summed E-state index contributed by atoms with van der Waals surface area (Å²) in [5.41, 5.74) is 3.50. The van der Waals surface area contributed by atoms with Crippen molar-refractivity contribution in [3.8, 4) is 0 Å². The maximum Gasteiger partial charge on any atom is 0.220 e. The van der Waals surface area contributed by atoms with E-state index < -0.39 is 6.10 Å². The first-order chi connectivity index (χ1) is 10.6. The van der Waals surface area contributed by atoms with Crippen LogP contribution < -0.4 is 5.32 Å². The van der Waals surface area contributed by atoms with E-state index in [1.54, 1.807) is 11.3 Å². The van der Waals surface area contributed by atoms with E-state index in [1.165, 1.54) is 10.4 Å². The number of carbonyl (C=O) groups is 1. The molecule has 0 spiro atoms. The zero-order valence-corrected chi connectivity index (χ0v) is 13.5. The number of aliphatic hydroxyl groups is 1. The standard InChI is InChI=1S/C18H21NO2S/c1-12-9-10-22-16(12)7-4-8-17(21)19-18-14-6-3-2-5-13(14)11-15(18)20/h2-3,5-6,9-10,15,18,20H,4,7-8,11H2,1H3,(H,19,21). The molecule has 0 aliphatic heterocycles. The molecule has 1 aromatic carbocycles. The molecule has 1 aliphatic rings. The highest BCUT2D eigenvalue weighted by molar-refractivity contribution is 7.10. The Hall–Kier alpha value is -1.65. The summed E-state index contributed by atoms with van der Waals surface area (Å²) in [5.74, 6) is 0.0231. The summed E-state index contributed by atoms with van der Waals surface area (Å²) in [6.07, 6.45) is 2.40. The third-order valence-corrected chi connectivity index (χ3v) is 5.38. The molecule has 0 saturated carbocycles. The van der Waals surface area contributed by atoms with Crippen molar-refractivity contribution >= 4 is 17.2 Å². The monoisotopic (exact) mass is 315 g/mol. The Kier molecular flexibility index (Phi) is 4.60. The van der Waals surface area contributed by atoms with Crippen molar-refractivity contribution in [3.05, 3.63) is 57.3 Å². The maximum atomic E-state index is 12.1. The lowest BCUT2D eigenvalue weighted by molar-refractivity contribution is -0.122. The van der Waals surface area contributed by atoms with Crippen LogP contribution in [0.1, 0.15) is 40.5 Å². The molecule has 4 heteroatoms. The van der Waals surface area contributed by atoms with E-state index in [0.717, 1.165) is 24.0 Å². The molecule has 0 bridgehead atoms. The van der Waals surface area contributed by atoms with Crippen molar-refractivity contribution in [2.75, 3.05) is 0 Å². The van der Waals surface area contributed by atoms with E-state index in [0.29, 0.717) is 12.8 Å². The van der Waals surface area contributed by atoms with E-state index in [1.807, 2.05) is 24.3 Å². The SMILES string of the molecule is Cc1ccsc1CCCC(=O)NC1c2ccccc2CC1O. The lowest BCUT2D eigenvalue weighted by atomic mass is 10.1. The lowest BCUT2D eigenvalue weighted by Gasteiger charge is -2.18. The number of aliphatic hydroxyl groups excluding tert-OH is 1. The van der Waals surface area contributed by atoms with E-state index in [9.17, 15) is 9.90 Å². The van der Waals surface area contributed by atoms with Crippen LogP contribution in [-0.4, -0.2) is 17.1 Å². The van der Waals surface area contributed by atoms with E-state index >= 15 is 0 Å². The summed E-state index contributed by atoms with van der Waals surface area (Å²) in [6.45, 7) is 2.11. The number of nitrogens with one attached hydrogen (secondary N) is 1. The molecule has 2 atom stereocenters. The summed E-state index contributed by atoms with van der Waals surface area (Å²) in [7, 11) is 0. The average molecular weight is 315 g/mol. The molecule has 2 unspecified atom stereocenters. The summed E-state index contributed by atoms with van der Waals surface area (Å²) in [6, 6.07) is 9.79. The first kappa shape index (κ1) is 15.3. The molecule has 2 aromatic rings. The summed E-state index contributed by atoms with van der Waals surface area (Å²) in [4.78, 5) is 13.5. The lowest BCUT2D eigenvalue weighted by Crippen LogP contribution is -2.33. The number of fused-ring (bicyclic) bond motifs is 1. The Morgan fingerprint density at radius 1 is 1.36 bits per heavy atom. The average Bonchev–Trinajstić information content (AvgIpc) is 3.04. The number of amides is 1. The topological polar surface area (TPSA) is 49.3 Å². The molecule has 22 heavy (non-hydrogen) atoms. The van der Waals surface area contributed by atoms with Crippen molar-refractivity contribution < 1.29 is 9.90 Å². The first-order valence-electron chi connectivity index (χ1n) is 7.73. The van der Waals surface area contributed by atoms with Gasteiger partial charge in [0, 0.05) is 17.7 Å². The van der Waals surface area contributed by atoms with Crippen LogP contribution in [0.15, 0.2) is 35.7 Å². The number of hydrogen-bond acceptors (Lipinski definition) is 3. The van der Waals surface area contributed by atoms with Crippen molar-refractivity contribution in [3.63, 3.8) is 0 Å². The molecule has 0 saturated heterocycles. The maximum absolute atomic E-state index is 12.1. The van der Waals surface area contributed by atoms with Crippen LogP contribution in [-0.2, 0) is 17.6 Å². The van der Waals surface area contributed by atoms with Gasteiger partial charge in [0.2, 0.25) is 5.91 Å². The predicted molar refractivity (Wildman–Crippen MR) is 89.0 cm³/mol. The van der Waals surface area contributed by atoms with E-state index in [-0.39, 0.29) is 11.9 Å². The third kappa shape index (κ3) is 3.23. The normalized spacial score (nSPS) is 19.9. The molecule has 1 heterocycles. The molecular formula is C18H21NO2S. The van der Waals surface area contributed by atoms with Gasteiger partial charge in [0.15, 0.2) is 0 Å². The van der Waals surface area contributed by atoms with Gasteiger partial charge in [-0.1, -0.05) is 24.3 Å². The number of aryl methyl sites for hydroxylation is 2. The fourth-order valence-corrected chi connectivity index (χ4v) is 4.02. The summed E-state index contributed by atoms with van der Waals surface area (Å²) < 4.78 is 0. The fourth-order valence-electron chi connectivity index (χ4n) is 3.06. The van der Waals surface area contributed by atoms with E-state index in [2.05, 4.69) is 23.7 Å². The number of thiophene rings is 1. The Labute approximate surface area is 135 Å². The minimum atomic E-state index is -0.513. The second kappa shape index (κ2) is 6.63. The largest absolute Gasteiger partial charge is 0.390 e. The minimum Gasteiger partial charge on any atom is -0.390 e. The van der Waals surface area contributed by atoms with E-state index in [4.69, 9.17) is 0 Å². The molecule has 116 valence electrons. The number of carbonyl (C=O) groups excluding carboxylic acids is 1. The van der Waals surface area contributed by atoms with Gasteiger partial charge < -0.3 is 10.4 Å². The number of hydrogen-bond donors (Lipinski definition) is 2. The van der Waals surface area contributed by atoms with Crippen LogP contribution in [0.5, 0.6) is 0 Å². The number of benzene rings is 1. The Morgan fingerprint density at radius 2 is 2.18 bits per heavy atom. The highest BCUT2D eigenvalue weighted by Gasteiger charge is 2.31. The fraction of sp³-hybridized carbons (Fsp3) is 0.389. The smallest absolute Gasteiger partial charge is 0.220 e. The Balaban J connectivity index is 1.53. The van der Waals surface area contributed by atoms with Crippen molar-refractivity contribution in [2.24, 2.45) is 0 Å². The molecule has 0 radical (unpaired) electrons. The van der Waals surface area contributed by atoms with Crippen LogP contribution in [0.4, 0.5) is 0 Å². The van der Waals surface area contributed by atoms with Gasteiger partial charge in [-0.15, -0.1) is 11.3 Å². The first-order valence-corrected chi connectivity index (χ1v) is 8.61. The number of rotatable bonds is 5. The molecule has 2 N–H and O–H groups in total. The van der Waals surface area contributed by atoms with Gasteiger partial charge >= 0.3 is 0 Å². The summed E-state index contributed by atoms with van der Waals surface area (Å²) >= 11 is 1.75. The second-order valence-corrected chi connectivity index (χ2v) is 6.90. The van der Waals surface area contributed by atoms with Crippen LogP contribution in [0.25, 0.3) is 0 Å². The Bertz CT molecular complexity index is 665. The highest BCUT2D eigenvalue weighted by atomic mass is 32.1. The molecule has 1 aromatic heterocycles. The van der Waals surface area contributed by atoms with Gasteiger partial charge in [-0.2, -0.15) is 0 Å². The zero-order chi connectivity index (χ0) is 15.5. The summed E-state index contributed by atoms with van der Waals surface area (Å²) in [5, 5.41) is 15.2. The molecule has 1 amide bonds. The predicted octanol–water partition coefficient (Wildman–Crippen LogP) is 3.15. The van der Waals surface area contributed by atoms with Crippen molar-refractivity contribution in [1.82, 2.24) is 5.32 Å². The minimum absolute atomic E-state index is 0.0231. The molecule has 3 nitrogen and oxygen atoms in total. The van der Waals surface area contributed by atoms with Crippen LogP contribution >= 0.6 is 11.3 Å². The van der Waals surface area contributed by atoms with Gasteiger partial charge in [0.05, 0.1) is 12.1 Å². The van der Waals surface area contributed by atoms with Gasteiger partial charge in [0.1, 0.15) is 0 Å². The second-order valence-electron chi connectivity index (χ2n) is 5.90. The Morgan fingerprint density at radius 3 is 2.95 bits per heavy atom. The molecular weight excluding hydrogens is 294 g/mol. The zero-order valence-electron chi connectivity index (χ0n) is 12.7. The van der Waals surface area contributed by atoms with Crippen LogP contribution in [0.3, 0.4) is 0 Å². The van der Waals surface area contributed by atoms with Crippen molar-refractivity contribution in [1.29, 1.82) is 0 Å². The van der Waals surface area contributed by atoms with Crippen LogP contribution in [0.2, 0.25) is 0 Å². The van der Waals surface area contributed by atoms with Gasteiger partial charge in [-0.05, 0) is 47.9 Å². The van der Waals surface area contributed by atoms with Gasteiger partial charge in [-0.3, -0.25) is 4.79 Å². The van der Waals surface area contributed by atoms with Gasteiger partial charge in [0.25, 0.3) is 0 Å². The molecule has 0 fully saturated rings. The van der Waals surface area contributed by atoms with Gasteiger partial charge in [-0.25, -0.2) is 0 Å². The van der Waals surface area contributed by atoms with Crippen LogP contribution in [0, 0.1) is 6.92 Å².